The minimum Gasteiger partial charge on any atom is -0.380 e. The van der Waals surface area contributed by atoms with E-state index >= 15 is 0 Å². The van der Waals surface area contributed by atoms with E-state index in [1.165, 1.54) is 10.4 Å². The van der Waals surface area contributed by atoms with Crippen molar-refractivity contribution in [1.29, 1.82) is 0 Å². The number of rotatable bonds is 5. The van der Waals surface area contributed by atoms with E-state index < -0.39 is 0 Å². The SMILES string of the molecule is Clc1ccc(CNc2cccc(Cn3cncn3)c2)s1. The van der Waals surface area contributed by atoms with Gasteiger partial charge in [-0.05, 0) is 29.8 Å². The van der Waals surface area contributed by atoms with E-state index in [9.17, 15) is 0 Å². The summed E-state index contributed by atoms with van der Waals surface area (Å²) in [4.78, 5) is 5.16. The molecule has 0 fully saturated rings. The summed E-state index contributed by atoms with van der Waals surface area (Å²) in [6.45, 7) is 1.50. The summed E-state index contributed by atoms with van der Waals surface area (Å²) in [5.74, 6) is 0. The van der Waals surface area contributed by atoms with Crippen LogP contribution in [0.5, 0.6) is 0 Å². The van der Waals surface area contributed by atoms with Crippen molar-refractivity contribution >= 4 is 28.6 Å². The van der Waals surface area contributed by atoms with Crippen LogP contribution in [0.15, 0.2) is 49.1 Å². The van der Waals surface area contributed by atoms with Crippen LogP contribution in [0.25, 0.3) is 0 Å². The third-order valence-electron chi connectivity index (χ3n) is 2.83. The Kier molecular flexibility index (Phi) is 3.99. The van der Waals surface area contributed by atoms with Crippen molar-refractivity contribution in [3.05, 3.63) is 63.8 Å². The highest BCUT2D eigenvalue weighted by molar-refractivity contribution is 7.16. The summed E-state index contributed by atoms with van der Waals surface area (Å²) in [6, 6.07) is 12.3. The van der Waals surface area contributed by atoms with Crippen molar-refractivity contribution in [1.82, 2.24) is 14.8 Å². The monoisotopic (exact) mass is 304 g/mol. The van der Waals surface area contributed by atoms with Gasteiger partial charge in [0, 0.05) is 17.1 Å². The molecule has 6 heteroatoms. The van der Waals surface area contributed by atoms with Crippen LogP contribution in [0, 0.1) is 0 Å². The van der Waals surface area contributed by atoms with Crippen LogP contribution in [0.2, 0.25) is 4.34 Å². The topological polar surface area (TPSA) is 42.7 Å². The highest BCUT2D eigenvalue weighted by atomic mass is 35.5. The van der Waals surface area contributed by atoms with Gasteiger partial charge in [-0.3, -0.25) is 0 Å². The highest BCUT2D eigenvalue weighted by Crippen LogP contribution is 2.22. The Morgan fingerprint density at radius 1 is 1.25 bits per heavy atom. The number of anilines is 1. The van der Waals surface area contributed by atoms with Gasteiger partial charge in [0.2, 0.25) is 0 Å². The molecule has 0 spiro atoms. The fourth-order valence-electron chi connectivity index (χ4n) is 1.92. The first kappa shape index (κ1) is 13.1. The molecule has 0 radical (unpaired) electrons. The molecular formula is C14H13ClN4S. The van der Waals surface area contributed by atoms with Crippen molar-refractivity contribution in [3.63, 3.8) is 0 Å². The molecule has 0 unspecified atom stereocenters. The molecule has 3 aromatic rings. The Labute approximate surface area is 126 Å². The molecular weight excluding hydrogens is 292 g/mol. The zero-order valence-electron chi connectivity index (χ0n) is 10.7. The van der Waals surface area contributed by atoms with Crippen LogP contribution in [0.3, 0.4) is 0 Å². The molecule has 0 aliphatic rings. The van der Waals surface area contributed by atoms with E-state index in [-0.39, 0.29) is 0 Å². The highest BCUT2D eigenvalue weighted by Gasteiger charge is 2.00. The summed E-state index contributed by atoms with van der Waals surface area (Å²) in [5.41, 5.74) is 2.27. The summed E-state index contributed by atoms with van der Waals surface area (Å²) in [7, 11) is 0. The predicted octanol–water partition coefficient (Wildman–Crippen LogP) is 3.65. The van der Waals surface area contributed by atoms with E-state index in [4.69, 9.17) is 11.6 Å². The van der Waals surface area contributed by atoms with E-state index in [1.54, 1.807) is 28.7 Å². The average molecular weight is 305 g/mol. The van der Waals surface area contributed by atoms with Gasteiger partial charge in [0.15, 0.2) is 0 Å². The number of halogens is 1. The minimum atomic E-state index is 0.723. The summed E-state index contributed by atoms with van der Waals surface area (Å²) >= 11 is 7.52. The maximum absolute atomic E-state index is 5.92. The molecule has 1 N–H and O–H groups in total. The summed E-state index contributed by atoms with van der Waals surface area (Å²) in [6.07, 6.45) is 3.26. The van der Waals surface area contributed by atoms with Gasteiger partial charge in [-0.25, -0.2) is 9.67 Å². The number of nitrogens with one attached hydrogen (secondary N) is 1. The van der Waals surface area contributed by atoms with Gasteiger partial charge in [-0.15, -0.1) is 11.3 Å². The molecule has 0 amide bonds. The molecule has 0 aliphatic carbocycles. The van der Waals surface area contributed by atoms with E-state index in [0.717, 1.165) is 23.1 Å². The number of benzene rings is 1. The van der Waals surface area contributed by atoms with Gasteiger partial charge in [0.25, 0.3) is 0 Å². The lowest BCUT2D eigenvalue weighted by atomic mass is 10.2. The maximum atomic E-state index is 5.92. The molecule has 4 nitrogen and oxygen atoms in total. The second kappa shape index (κ2) is 6.07. The Morgan fingerprint density at radius 3 is 2.95 bits per heavy atom. The number of thiophene rings is 1. The van der Waals surface area contributed by atoms with Crippen molar-refractivity contribution in [2.45, 2.75) is 13.1 Å². The zero-order chi connectivity index (χ0) is 13.8. The Balaban J connectivity index is 1.65. The van der Waals surface area contributed by atoms with E-state index in [0.29, 0.717) is 0 Å². The van der Waals surface area contributed by atoms with E-state index in [1.807, 2.05) is 18.2 Å². The number of aromatic nitrogens is 3. The molecule has 20 heavy (non-hydrogen) atoms. The van der Waals surface area contributed by atoms with Gasteiger partial charge in [-0.2, -0.15) is 5.10 Å². The quantitative estimate of drug-likeness (QED) is 0.782. The van der Waals surface area contributed by atoms with Crippen LogP contribution in [0.4, 0.5) is 5.69 Å². The first-order valence-electron chi connectivity index (χ1n) is 6.19. The fourth-order valence-corrected chi connectivity index (χ4v) is 2.94. The fraction of sp³-hybridized carbons (Fsp3) is 0.143. The van der Waals surface area contributed by atoms with Crippen molar-refractivity contribution in [3.8, 4) is 0 Å². The molecule has 3 rings (SSSR count). The lowest BCUT2D eigenvalue weighted by Crippen LogP contribution is -2.02. The van der Waals surface area contributed by atoms with Crippen molar-refractivity contribution in [2.75, 3.05) is 5.32 Å². The molecule has 102 valence electrons. The third kappa shape index (κ3) is 3.37. The average Bonchev–Trinajstić information content (AvgIpc) is 3.09. The standard InChI is InChI=1S/C14H13ClN4S/c15-14-5-4-13(20-14)7-17-12-3-1-2-11(6-12)8-19-10-16-9-18-19/h1-6,9-10,17H,7-8H2. The van der Waals surface area contributed by atoms with E-state index in [2.05, 4.69) is 33.6 Å². The molecule has 2 heterocycles. The molecule has 2 aromatic heterocycles. The maximum Gasteiger partial charge on any atom is 0.137 e. The lowest BCUT2D eigenvalue weighted by Gasteiger charge is -2.07. The summed E-state index contributed by atoms with van der Waals surface area (Å²) < 4.78 is 2.62. The minimum absolute atomic E-state index is 0.723. The number of nitrogens with zero attached hydrogens (tertiary/aromatic N) is 3. The summed E-state index contributed by atoms with van der Waals surface area (Å²) in [5, 5.41) is 7.51. The third-order valence-corrected chi connectivity index (χ3v) is 4.06. The Hall–Kier alpha value is -1.85. The van der Waals surface area contributed by atoms with Crippen LogP contribution in [0.1, 0.15) is 10.4 Å². The van der Waals surface area contributed by atoms with Gasteiger partial charge in [0.05, 0.1) is 10.9 Å². The molecule has 0 atom stereocenters. The zero-order valence-corrected chi connectivity index (χ0v) is 12.2. The first-order valence-corrected chi connectivity index (χ1v) is 7.38. The molecule has 0 saturated heterocycles. The second-order valence-corrected chi connectivity index (χ2v) is 6.15. The number of hydrogen-bond donors (Lipinski definition) is 1. The van der Waals surface area contributed by atoms with Gasteiger partial charge >= 0.3 is 0 Å². The molecule has 0 bridgehead atoms. The normalized spacial score (nSPS) is 10.7. The molecule has 0 aliphatic heterocycles. The lowest BCUT2D eigenvalue weighted by molar-refractivity contribution is 0.685. The van der Waals surface area contributed by atoms with Crippen molar-refractivity contribution in [2.24, 2.45) is 0 Å². The predicted molar refractivity (Wildman–Crippen MR) is 82.2 cm³/mol. The van der Waals surface area contributed by atoms with Crippen molar-refractivity contribution < 1.29 is 0 Å². The first-order chi connectivity index (χ1) is 9.79. The van der Waals surface area contributed by atoms with Gasteiger partial charge in [-0.1, -0.05) is 23.7 Å². The Morgan fingerprint density at radius 2 is 2.20 bits per heavy atom. The largest absolute Gasteiger partial charge is 0.380 e. The van der Waals surface area contributed by atoms with Gasteiger partial charge < -0.3 is 5.32 Å². The molecule has 0 saturated carbocycles. The van der Waals surface area contributed by atoms with Crippen LogP contribution >= 0.6 is 22.9 Å². The van der Waals surface area contributed by atoms with Crippen LogP contribution in [-0.2, 0) is 13.1 Å². The Bertz CT molecular complexity index is 678. The van der Waals surface area contributed by atoms with Crippen LogP contribution in [-0.4, -0.2) is 14.8 Å². The smallest absolute Gasteiger partial charge is 0.137 e. The number of hydrogen-bond acceptors (Lipinski definition) is 4. The second-order valence-electron chi connectivity index (χ2n) is 4.35. The van der Waals surface area contributed by atoms with Crippen LogP contribution < -0.4 is 5.32 Å². The van der Waals surface area contributed by atoms with Gasteiger partial charge in [0.1, 0.15) is 12.7 Å². The molecule has 1 aromatic carbocycles.